The second-order valence-corrected chi connectivity index (χ2v) is 6.22. The highest BCUT2D eigenvalue weighted by atomic mass is 16.6. The highest BCUT2D eigenvalue weighted by molar-refractivity contribution is 5.93. The molecular weight excluding hydrogens is 284 g/mol. The van der Waals surface area contributed by atoms with Gasteiger partial charge in [0.1, 0.15) is 5.60 Å². The molecule has 0 saturated carbocycles. The van der Waals surface area contributed by atoms with E-state index >= 15 is 0 Å². The van der Waals surface area contributed by atoms with Crippen molar-refractivity contribution in [3.05, 3.63) is 28.8 Å². The zero-order valence-electron chi connectivity index (χ0n) is 13.4. The van der Waals surface area contributed by atoms with Crippen molar-refractivity contribution in [3.63, 3.8) is 0 Å². The molecule has 6 heteroatoms. The van der Waals surface area contributed by atoms with E-state index in [1.165, 1.54) is 4.90 Å². The fourth-order valence-corrected chi connectivity index (χ4v) is 2.37. The van der Waals surface area contributed by atoms with E-state index in [0.717, 1.165) is 11.1 Å². The van der Waals surface area contributed by atoms with Crippen LogP contribution in [-0.4, -0.2) is 29.2 Å². The van der Waals surface area contributed by atoms with Crippen molar-refractivity contribution in [2.24, 2.45) is 0 Å². The molecule has 0 bridgehead atoms. The summed E-state index contributed by atoms with van der Waals surface area (Å²) in [6.07, 6.45) is -0.419. The van der Waals surface area contributed by atoms with Crippen molar-refractivity contribution in [2.75, 3.05) is 12.3 Å². The fraction of sp³-hybridized carbons (Fsp3) is 0.500. The Hall–Kier alpha value is -2.24. The van der Waals surface area contributed by atoms with Crippen LogP contribution in [-0.2, 0) is 22.6 Å². The number of benzene rings is 1. The number of carbonyl (C=O) groups excluding carboxylic acids is 2. The number of nitrogen functional groups attached to an aromatic ring is 1. The molecule has 0 atom stereocenters. The van der Waals surface area contributed by atoms with Gasteiger partial charge in [0, 0.05) is 11.3 Å². The smallest absolute Gasteiger partial charge is 0.410 e. The Kier molecular flexibility index (Phi) is 4.30. The van der Waals surface area contributed by atoms with Gasteiger partial charge in [-0.3, -0.25) is 4.90 Å². The summed E-state index contributed by atoms with van der Waals surface area (Å²) in [6, 6.07) is 3.31. The van der Waals surface area contributed by atoms with Gasteiger partial charge >= 0.3 is 12.1 Å². The third kappa shape index (κ3) is 3.32. The zero-order chi connectivity index (χ0) is 16.5. The van der Waals surface area contributed by atoms with Crippen LogP contribution in [0.5, 0.6) is 0 Å². The van der Waals surface area contributed by atoms with Gasteiger partial charge in [-0.15, -0.1) is 0 Å². The Balaban J connectivity index is 2.26. The average molecular weight is 306 g/mol. The second kappa shape index (κ2) is 5.87. The Morgan fingerprint density at radius 2 is 1.86 bits per heavy atom. The molecule has 0 aromatic heterocycles. The monoisotopic (exact) mass is 306 g/mol. The summed E-state index contributed by atoms with van der Waals surface area (Å²) < 4.78 is 10.4. The number of anilines is 1. The van der Waals surface area contributed by atoms with Gasteiger partial charge in [0.05, 0.1) is 25.3 Å². The molecule has 0 radical (unpaired) electrons. The molecule has 1 aliphatic rings. The van der Waals surface area contributed by atoms with Crippen molar-refractivity contribution < 1.29 is 19.1 Å². The van der Waals surface area contributed by atoms with Gasteiger partial charge in [-0.1, -0.05) is 0 Å². The number of rotatable bonds is 2. The maximum absolute atomic E-state index is 12.2. The number of nitrogens with two attached hydrogens (primary N) is 1. The summed E-state index contributed by atoms with van der Waals surface area (Å²) in [5.41, 5.74) is 7.95. The first-order valence-electron chi connectivity index (χ1n) is 7.28. The number of amides is 1. The first-order valence-corrected chi connectivity index (χ1v) is 7.28. The Morgan fingerprint density at radius 1 is 1.23 bits per heavy atom. The molecule has 1 heterocycles. The summed E-state index contributed by atoms with van der Waals surface area (Å²) in [6.45, 7) is 8.12. The topological polar surface area (TPSA) is 81.9 Å². The molecule has 0 fully saturated rings. The standard InChI is InChI=1S/C16H22N2O4/c1-5-21-14(19)10-6-7-13(17)12-9-18(8-11(10)12)15(20)22-16(2,3)4/h6-7H,5,8-9,17H2,1-4H3. The molecule has 2 N–H and O–H groups in total. The van der Waals surface area contributed by atoms with Crippen LogP contribution in [0.25, 0.3) is 0 Å². The number of carbonyl (C=O) groups is 2. The highest BCUT2D eigenvalue weighted by Gasteiger charge is 2.32. The minimum absolute atomic E-state index is 0.295. The van der Waals surface area contributed by atoms with Crippen molar-refractivity contribution in [3.8, 4) is 0 Å². The van der Waals surface area contributed by atoms with E-state index in [0.29, 0.717) is 30.9 Å². The highest BCUT2D eigenvalue weighted by Crippen LogP contribution is 2.32. The third-order valence-corrected chi connectivity index (χ3v) is 3.31. The van der Waals surface area contributed by atoms with E-state index < -0.39 is 17.7 Å². The predicted molar refractivity (Wildman–Crippen MR) is 82.3 cm³/mol. The van der Waals surface area contributed by atoms with Crippen LogP contribution in [0.2, 0.25) is 0 Å². The lowest BCUT2D eigenvalue weighted by Crippen LogP contribution is -2.33. The summed E-state index contributed by atoms with van der Waals surface area (Å²) >= 11 is 0. The summed E-state index contributed by atoms with van der Waals surface area (Å²) in [5, 5.41) is 0. The molecular formula is C16H22N2O4. The third-order valence-electron chi connectivity index (χ3n) is 3.31. The number of nitrogens with zero attached hydrogens (tertiary/aromatic N) is 1. The molecule has 0 saturated heterocycles. The molecule has 1 aliphatic heterocycles. The lowest BCUT2D eigenvalue weighted by Gasteiger charge is -2.24. The van der Waals surface area contributed by atoms with Gasteiger partial charge in [0.25, 0.3) is 0 Å². The van der Waals surface area contributed by atoms with Crippen LogP contribution < -0.4 is 5.73 Å². The van der Waals surface area contributed by atoms with Gasteiger partial charge in [0.2, 0.25) is 0 Å². The van der Waals surface area contributed by atoms with Crippen LogP contribution >= 0.6 is 0 Å². The molecule has 120 valence electrons. The Morgan fingerprint density at radius 3 is 2.45 bits per heavy atom. The molecule has 1 aromatic rings. The maximum Gasteiger partial charge on any atom is 0.410 e. The number of hydrogen-bond donors (Lipinski definition) is 1. The SMILES string of the molecule is CCOC(=O)c1ccc(N)c2c1CN(C(=O)OC(C)(C)C)C2. The molecule has 0 spiro atoms. The minimum atomic E-state index is -0.568. The second-order valence-electron chi connectivity index (χ2n) is 6.22. The normalized spacial score (nSPS) is 13.7. The average Bonchev–Trinajstić information content (AvgIpc) is 2.83. The molecule has 22 heavy (non-hydrogen) atoms. The van der Waals surface area contributed by atoms with E-state index in [9.17, 15) is 9.59 Å². The van der Waals surface area contributed by atoms with Crippen LogP contribution in [0.3, 0.4) is 0 Å². The number of esters is 1. The van der Waals surface area contributed by atoms with E-state index in [-0.39, 0.29) is 0 Å². The van der Waals surface area contributed by atoms with Crippen molar-refractivity contribution in [2.45, 2.75) is 46.4 Å². The molecule has 0 unspecified atom stereocenters. The van der Waals surface area contributed by atoms with Gasteiger partial charge in [-0.05, 0) is 45.4 Å². The van der Waals surface area contributed by atoms with Gasteiger partial charge < -0.3 is 15.2 Å². The lowest BCUT2D eigenvalue weighted by molar-refractivity contribution is 0.0240. The molecule has 1 amide bonds. The predicted octanol–water partition coefficient (Wildman–Crippen LogP) is 2.70. The first kappa shape index (κ1) is 16.1. The largest absolute Gasteiger partial charge is 0.462 e. The van der Waals surface area contributed by atoms with Crippen LogP contribution in [0.4, 0.5) is 10.5 Å². The maximum atomic E-state index is 12.2. The van der Waals surface area contributed by atoms with E-state index in [1.54, 1.807) is 19.1 Å². The van der Waals surface area contributed by atoms with E-state index in [2.05, 4.69) is 0 Å². The zero-order valence-corrected chi connectivity index (χ0v) is 13.4. The first-order chi connectivity index (χ1) is 10.2. The quantitative estimate of drug-likeness (QED) is 0.671. The van der Waals surface area contributed by atoms with Gasteiger partial charge in [-0.25, -0.2) is 9.59 Å². The molecule has 6 nitrogen and oxygen atoms in total. The van der Waals surface area contributed by atoms with Crippen molar-refractivity contribution >= 4 is 17.7 Å². The number of hydrogen-bond acceptors (Lipinski definition) is 5. The van der Waals surface area contributed by atoms with Crippen LogP contribution in [0.15, 0.2) is 12.1 Å². The number of ether oxygens (including phenoxy) is 2. The van der Waals surface area contributed by atoms with E-state index in [4.69, 9.17) is 15.2 Å². The van der Waals surface area contributed by atoms with E-state index in [1.807, 2.05) is 20.8 Å². The minimum Gasteiger partial charge on any atom is -0.462 e. The summed E-state index contributed by atoms with van der Waals surface area (Å²) in [5.74, 6) is -0.398. The number of fused-ring (bicyclic) bond motifs is 1. The van der Waals surface area contributed by atoms with Crippen LogP contribution in [0, 0.1) is 0 Å². The van der Waals surface area contributed by atoms with Crippen LogP contribution in [0.1, 0.15) is 49.2 Å². The van der Waals surface area contributed by atoms with Crippen molar-refractivity contribution in [1.82, 2.24) is 4.90 Å². The Bertz CT molecular complexity index is 605. The summed E-state index contributed by atoms with van der Waals surface area (Å²) in [7, 11) is 0. The molecule has 1 aromatic carbocycles. The lowest BCUT2D eigenvalue weighted by atomic mass is 10.0. The van der Waals surface area contributed by atoms with Gasteiger partial charge in [-0.2, -0.15) is 0 Å². The Labute approximate surface area is 130 Å². The molecule has 2 rings (SSSR count). The van der Waals surface area contributed by atoms with Gasteiger partial charge in [0.15, 0.2) is 0 Å². The fourth-order valence-electron chi connectivity index (χ4n) is 2.37. The molecule has 0 aliphatic carbocycles. The summed E-state index contributed by atoms with van der Waals surface area (Å²) in [4.78, 5) is 25.8. The van der Waals surface area contributed by atoms with Crippen molar-refractivity contribution in [1.29, 1.82) is 0 Å².